The third-order valence-corrected chi connectivity index (χ3v) is 3.59. The van der Waals surface area contributed by atoms with Gasteiger partial charge in [-0.3, -0.25) is 10.1 Å². The van der Waals surface area contributed by atoms with Crippen molar-refractivity contribution in [2.45, 2.75) is 13.5 Å². The Labute approximate surface area is 126 Å². The fourth-order valence-corrected chi connectivity index (χ4v) is 2.17. The van der Waals surface area contributed by atoms with Gasteiger partial charge >= 0.3 is 0 Å². The molecular formula is C14H12Cl2N2O2. The van der Waals surface area contributed by atoms with Crippen LogP contribution in [-0.2, 0) is 6.54 Å². The molecule has 4 nitrogen and oxygen atoms in total. The first-order valence-electron chi connectivity index (χ1n) is 5.90. The van der Waals surface area contributed by atoms with Crippen molar-refractivity contribution in [1.29, 1.82) is 0 Å². The number of rotatable bonds is 4. The van der Waals surface area contributed by atoms with Crippen LogP contribution >= 0.6 is 23.2 Å². The smallest absolute Gasteiger partial charge is 0.288 e. The molecule has 0 aliphatic heterocycles. The standard InChI is InChI=1S/C14H12Cl2N2O2/c1-9-2-3-10(6-12(9)15)8-17-11-4-5-14(18(19)20)13(16)7-11/h2-7,17H,8H2,1H3. The van der Waals surface area contributed by atoms with Crippen molar-refractivity contribution >= 4 is 34.6 Å². The highest BCUT2D eigenvalue weighted by Gasteiger charge is 2.11. The Morgan fingerprint density at radius 3 is 2.50 bits per heavy atom. The summed E-state index contributed by atoms with van der Waals surface area (Å²) in [7, 11) is 0. The van der Waals surface area contributed by atoms with Crippen molar-refractivity contribution in [3.8, 4) is 0 Å². The minimum atomic E-state index is -0.508. The van der Waals surface area contributed by atoms with Gasteiger partial charge in [-0.25, -0.2) is 0 Å². The molecule has 0 saturated heterocycles. The van der Waals surface area contributed by atoms with Crippen molar-refractivity contribution in [3.63, 3.8) is 0 Å². The Morgan fingerprint density at radius 2 is 1.90 bits per heavy atom. The summed E-state index contributed by atoms with van der Waals surface area (Å²) in [5.74, 6) is 0. The number of nitro groups is 1. The first-order valence-corrected chi connectivity index (χ1v) is 6.66. The molecule has 0 radical (unpaired) electrons. The molecule has 0 heterocycles. The van der Waals surface area contributed by atoms with E-state index in [1.165, 1.54) is 12.1 Å². The highest BCUT2D eigenvalue weighted by atomic mass is 35.5. The summed E-state index contributed by atoms with van der Waals surface area (Å²) in [6.45, 7) is 2.50. The van der Waals surface area contributed by atoms with Gasteiger partial charge in [-0.2, -0.15) is 0 Å². The summed E-state index contributed by atoms with van der Waals surface area (Å²) in [6.07, 6.45) is 0. The zero-order valence-corrected chi connectivity index (χ0v) is 12.2. The molecule has 20 heavy (non-hydrogen) atoms. The maximum atomic E-state index is 10.7. The van der Waals surface area contributed by atoms with E-state index < -0.39 is 4.92 Å². The molecule has 0 atom stereocenters. The highest BCUT2D eigenvalue weighted by molar-refractivity contribution is 6.33. The van der Waals surface area contributed by atoms with E-state index in [1.807, 2.05) is 25.1 Å². The lowest BCUT2D eigenvalue weighted by Crippen LogP contribution is -2.00. The predicted octanol–water partition coefficient (Wildman–Crippen LogP) is 4.82. The van der Waals surface area contributed by atoms with Crippen LogP contribution in [-0.4, -0.2) is 4.92 Å². The Kier molecular flexibility index (Phi) is 4.47. The van der Waals surface area contributed by atoms with Gasteiger partial charge in [-0.15, -0.1) is 0 Å². The molecular weight excluding hydrogens is 299 g/mol. The van der Waals surface area contributed by atoms with Crippen molar-refractivity contribution in [2.75, 3.05) is 5.32 Å². The second kappa shape index (κ2) is 6.11. The zero-order chi connectivity index (χ0) is 14.7. The molecule has 0 aliphatic carbocycles. The Bertz CT molecular complexity index is 660. The van der Waals surface area contributed by atoms with Crippen LogP contribution in [0.15, 0.2) is 36.4 Å². The number of hydrogen-bond acceptors (Lipinski definition) is 3. The summed E-state index contributed by atoms with van der Waals surface area (Å²) in [5.41, 5.74) is 2.66. The Balaban J connectivity index is 2.09. The van der Waals surface area contributed by atoms with Crippen LogP contribution in [0.5, 0.6) is 0 Å². The average Bonchev–Trinajstić information content (AvgIpc) is 2.40. The Morgan fingerprint density at radius 1 is 1.15 bits per heavy atom. The molecule has 104 valence electrons. The first-order chi connectivity index (χ1) is 9.47. The molecule has 2 aromatic carbocycles. The van der Waals surface area contributed by atoms with Crippen LogP contribution in [0.4, 0.5) is 11.4 Å². The minimum absolute atomic E-state index is 0.101. The Hall–Kier alpha value is -1.78. The van der Waals surface area contributed by atoms with Crippen LogP contribution in [0.1, 0.15) is 11.1 Å². The van der Waals surface area contributed by atoms with Gasteiger partial charge in [-0.05, 0) is 36.2 Å². The number of aryl methyl sites for hydroxylation is 1. The van der Waals surface area contributed by atoms with Gasteiger partial charge in [0.15, 0.2) is 0 Å². The topological polar surface area (TPSA) is 55.2 Å². The molecule has 0 spiro atoms. The number of nitro benzene ring substituents is 1. The molecule has 0 unspecified atom stereocenters. The maximum absolute atomic E-state index is 10.7. The highest BCUT2D eigenvalue weighted by Crippen LogP contribution is 2.27. The van der Waals surface area contributed by atoms with E-state index in [2.05, 4.69) is 5.32 Å². The molecule has 2 rings (SSSR count). The van der Waals surface area contributed by atoms with E-state index in [4.69, 9.17) is 23.2 Å². The number of nitrogens with one attached hydrogen (secondary N) is 1. The fraction of sp³-hybridized carbons (Fsp3) is 0.143. The van der Waals surface area contributed by atoms with E-state index >= 15 is 0 Å². The monoisotopic (exact) mass is 310 g/mol. The minimum Gasteiger partial charge on any atom is -0.381 e. The lowest BCUT2D eigenvalue weighted by atomic mass is 10.1. The number of hydrogen-bond donors (Lipinski definition) is 1. The number of anilines is 1. The van der Waals surface area contributed by atoms with Crippen molar-refractivity contribution in [3.05, 3.63) is 67.7 Å². The van der Waals surface area contributed by atoms with Crippen LogP contribution in [0, 0.1) is 17.0 Å². The van der Waals surface area contributed by atoms with E-state index in [0.29, 0.717) is 11.6 Å². The van der Waals surface area contributed by atoms with Gasteiger partial charge in [0.2, 0.25) is 0 Å². The van der Waals surface area contributed by atoms with Crippen molar-refractivity contribution in [2.24, 2.45) is 0 Å². The van der Waals surface area contributed by atoms with Gasteiger partial charge in [0.25, 0.3) is 5.69 Å². The lowest BCUT2D eigenvalue weighted by Gasteiger charge is -2.08. The fourth-order valence-electron chi connectivity index (χ4n) is 1.72. The molecule has 1 N–H and O–H groups in total. The predicted molar refractivity (Wildman–Crippen MR) is 81.6 cm³/mol. The van der Waals surface area contributed by atoms with Crippen LogP contribution in [0.2, 0.25) is 10.0 Å². The van der Waals surface area contributed by atoms with E-state index in [-0.39, 0.29) is 10.7 Å². The zero-order valence-electron chi connectivity index (χ0n) is 10.7. The third kappa shape index (κ3) is 3.40. The molecule has 2 aromatic rings. The summed E-state index contributed by atoms with van der Waals surface area (Å²) < 4.78 is 0. The first kappa shape index (κ1) is 14.6. The lowest BCUT2D eigenvalue weighted by molar-refractivity contribution is -0.384. The maximum Gasteiger partial charge on any atom is 0.288 e. The van der Waals surface area contributed by atoms with Gasteiger partial charge in [0.1, 0.15) is 5.02 Å². The molecule has 0 bridgehead atoms. The van der Waals surface area contributed by atoms with Crippen LogP contribution < -0.4 is 5.32 Å². The summed E-state index contributed by atoms with van der Waals surface area (Å²) in [4.78, 5) is 10.2. The van der Waals surface area contributed by atoms with Gasteiger partial charge in [-0.1, -0.05) is 35.3 Å². The molecule has 0 aliphatic rings. The largest absolute Gasteiger partial charge is 0.381 e. The average molecular weight is 311 g/mol. The second-order valence-electron chi connectivity index (χ2n) is 4.36. The normalized spacial score (nSPS) is 10.3. The number of benzene rings is 2. The summed E-state index contributed by atoms with van der Waals surface area (Å²) in [5, 5.41) is 14.6. The van der Waals surface area contributed by atoms with Gasteiger partial charge < -0.3 is 5.32 Å². The number of halogens is 2. The third-order valence-electron chi connectivity index (χ3n) is 2.88. The van der Waals surface area contributed by atoms with Gasteiger partial charge in [0, 0.05) is 23.3 Å². The van der Waals surface area contributed by atoms with Crippen LogP contribution in [0.25, 0.3) is 0 Å². The van der Waals surface area contributed by atoms with Gasteiger partial charge in [0.05, 0.1) is 4.92 Å². The summed E-state index contributed by atoms with van der Waals surface area (Å²) in [6, 6.07) is 10.3. The SMILES string of the molecule is Cc1ccc(CNc2ccc([N+](=O)[O-])c(Cl)c2)cc1Cl. The molecule has 0 aromatic heterocycles. The molecule has 0 fully saturated rings. The van der Waals surface area contributed by atoms with E-state index in [9.17, 15) is 10.1 Å². The summed E-state index contributed by atoms with van der Waals surface area (Å²) >= 11 is 11.9. The quantitative estimate of drug-likeness (QED) is 0.650. The second-order valence-corrected chi connectivity index (χ2v) is 5.17. The number of nitrogens with zero attached hydrogens (tertiary/aromatic N) is 1. The van der Waals surface area contributed by atoms with E-state index in [0.717, 1.165) is 16.8 Å². The van der Waals surface area contributed by atoms with E-state index in [1.54, 1.807) is 6.07 Å². The molecule has 0 saturated carbocycles. The molecule has 6 heteroatoms. The van der Waals surface area contributed by atoms with Crippen molar-refractivity contribution in [1.82, 2.24) is 0 Å². The van der Waals surface area contributed by atoms with Crippen molar-refractivity contribution < 1.29 is 4.92 Å². The van der Waals surface area contributed by atoms with Crippen LogP contribution in [0.3, 0.4) is 0 Å². The molecule has 0 amide bonds.